The molecule has 1 aromatic rings. The SMILES string of the molecule is O=C(O)c1cc(OCCCO)c(F)cc1[N+](=O)[O-]. The molecular weight excluding hydrogens is 249 g/mol. The average Bonchev–Trinajstić information content (AvgIpc) is 2.30. The Balaban J connectivity index is 3.11. The van der Waals surface area contributed by atoms with Crippen molar-refractivity contribution in [3.8, 4) is 5.75 Å². The third kappa shape index (κ3) is 3.14. The molecule has 7 nitrogen and oxygen atoms in total. The number of aliphatic hydroxyl groups is 1. The van der Waals surface area contributed by atoms with E-state index < -0.39 is 33.7 Å². The fourth-order valence-electron chi connectivity index (χ4n) is 1.22. The van der Waals surface area contributed by atoms with Crippen LogP contribution in [0.1, 0.15) is 16.8 Å². The molecule has 0 fully saturated rings. The summed E-state index contributed by atoms with van der Waals surface area (Å²) in [6.45, 7) is -0.190. The van der Waals surface area contributed by atoms with Crippen molar-refractivity contribution in [1.82, 2.24) is 0 Å². The van der Waals surface area contributed by atoms with Crippen LogP contribution in [0.25, 0.3) is 0 Å². The lowest BCUT2D eigenvalue weighted by Gasteiger charge is -2.07. The van der Waals surface area contributed by atoms with Gasteiger partial charge in [0.15, 0.2) is 11.6 Å². The van der Waals surface area contributed by atoms with Crippen LogP contribution < -0.4 is 4.74 Å². The molecule has 0 atom stereocenters. The van der Waals surface area contributed by atoms with Crippen molar-refractivity contribution in [2.45, 2.75) is 6.42 Å². The van der Waals surface area contributed by atoms with Gasteiger partial charge in [-0.05, 0) is 0 Å². The van der Waals surface area contributed by atoms with Gasteiger partial charge in [0.2, 0.25) is 0 Å². The second-order valence-electron chi connectivity index (χ2n) is 3.29. The van der Waals surface area contributed by atoms with Gasteiger partial charge in [-0.3, -0.25) is 10.1 Å². The maximum atomic E-state index is 13.4. The summed E-state index contributed by atoms with van der Waals surface area (Å²) >= 11 is 0. The molecule has 0 amide bonds. The van der Waals surface area contributed by atoms with Gasteiger partial charge < -0.3 is 14.9 Å². The first-order valence-corrected chi connectivity index (χ1v) is 4.92. The Bertz CT molecular complexity index is 476. The van der Waals surface area contributed by atoms with Gasteiger partial charge in [-0.2, -0.15) is 0 Å². The molecule has 18 heavy (non-hydrogen) atoms. The molecule has 0 radical (unpaired) electrons. The van der Waals surface area contributed by atoms with Crippen LogP contribution in [-0.2, 0) is 0 Å². The highest BCUT2D eigenvalue weighted by Crippen LogP contribution is 2.27. The zero-order valence-electron chi connectivity index (χ0n) is 9.13. The van der Waals surface area contributed by atoms with E-state index >= 15 is 0 Å². The molecule has 0 aromatic heterocycles. The molecule has 98 valence electrons. The van der Waals surface area contributed by atoms with E-state index in [0.717, 1.165) is 6.07 Å². The minimum absolute atomic E-state index is 0.0235. The van der Waals surface area contributed by atoms with E-state index in [0.29, 0.717) is 6.07 Å². The summed E-state index contributed by atoms with van der Waals surface area (Å²) in [5, 5.41) is 27.8. The molecular formula is C10H10FNO6. The van der Waals surface area contributed by atoms with Crippen LogP contribution in [0.3, 0.4) is 0 Å². The number of hydrogen-bond donors (Lipinski definition) is 2. The molecule has 0 unspecified atom stereocenters. The third-order valence-corrected chi connectivity index (χ3v) is 2.04. The van der Waals surface area contributed by atoms with Crippen LogP contribution in [0.5, 0.6) is 5.75 Å². The maximum absolute atomic E-state index is 13.4. The Kier molecular flexibility index (Phi) is 4.55. The quantitative estimate of drug-likeness (QED) is 0.451. The second-order valence-corrected chi connectivity index (χ2v) is 3.29. The van der Waals surface area contributed by atoms with Crippen molar-refractivity contribution in [3.63, 3.8) is 0 Å². The lowest BCUT2D eigenvalue weighted by atomic mass is 10.1. The summed E-state index contributed by atoms with van der Waals surface area (Å²) in [6, 6.07) is 1.25. The number of aromatic carboxylic acids is 1. The average molecular weight is 259 g/mol. The number of nitro benzene ring substituents is 1. The third-order valence-electron chi connectivity index (χ3n) is 2.04. The number of carboxylic acids is 1. The Morgan fingerprint density at radius 1 is 1.50 bits per heavy atom. The smallest absolute Gasteiger partial charge is 0.342 e. The van der Waals surface area contributed by atoms with E-state index in [-0.39, 0.29) is 19.6 Å². The van der Waals surface area contributed by atoms with Crippen LogP contribution in [-0.4, -0.2) is 34.3 Å². The lowest BCUT2D eigenvalue weighted by Crippen LogP contribution is -2.07. The number of benzene rings is 1. The number of carboxylic acid groups (broad SMARTS) is 1. The Morgan fingerprint density at radius 3 is 2.67 bits per heavy atom. The fourth-order valence-corrected chi connectivity index (χ4v) is 1.22. The largest absolute Gasteiger partial charge is 0.490 e. The second kappa shape index (κ2) is 5.92. The van der Waals surface area contributed by atoms with Gasteiger partial charge in [-0.15, -0.1) is 0 Å². The molecule has 0 aliphatic rings. The topological polar surface area (TPSA) is 110 Å². The minimum Gasteiger partial charge on any atom is -0.490 e. The lowest BCUT2D eigenvalue weighted by molar-refractivity contribution is -0.385. The number of rotatable bonds is 6. The molecule has 0 aliphatic carbocycles. The van der Waals surface area contributed by atoms with Gasteiger partial charge >= 0.3 is 5.97 Å². The summed E-state index contributed by atoms with van der Waals surface area (Å²) in [6.07, 6.45) is 0.235. The number of hydrogen-bond acceptors (Lipinski definition) is 5. The van der Waals surface area contributed by atoms with Crippen LogP contribution in [0, 0.1) is 15.9 Å². The zero-order valence-corrected chi connectivity index (χ0v) is 9.13. The molecule has 0 bridgehead atoms. The van der Waals surface area contributed by atoms with Crippen molar-refractivity contribution in [3.05, 3.63) is 33.6 Å². The highest BCUT2D eigenvalue weighted by Gasteiger charge is 2.23. The van der Waals surface area contributed by atoms with Crippen molar-refractivity contribution in [1.29, 1.82) is 0 Å². The molecule has 0 saturated heterocycles. The number of halogens is 1. The van der Waals surface area contributed by atoms with E-state index in [4.69, 9.17) is 14.9 Å². The van der Waals surface area contributed by atoms with Crippen molar-refractivity contribution in [2.24, 2.45) is 0 Å². The molecule has 0 aliphatic heterocycles. The Morgan fingerprint density at radius 2 is 2.17 bits per heavy atom. The van der Waals surface area contributed by atoms with Gasteiger partial charge in [0.1, 0.15) is 5.56 Å². The van der Waals surface area contributed by atoms with Crippen LogP contribution in [0.4, 0.5) is 10.1 Å². The monoisotopic (exact) mass is 259 g/mol. The summed E-state index contributed by atoms with van der Waals surface area (Å²) in [4.78, 5) is 20.4. The molecule has 2 N–H and O–H groups in total. The number of carbonyl (C=O) groups is 1. The van der Waals surface area contributed by atoms with Crippen molar-refractivity contribution < 1.29 is 29.1 Å². The highest BCUT2D eigenvalue weighted by atomic mass is 19.1. The number of ether oxygens (including phenoxy) is 1. The fraction of sp³-hybridized carbons (Fsp3) is 0.300. The van der Waals surface area contributed by atoms with E-state index in [2.05, 4.69) is 0 Å². The first kappa shape index (κ1) is 13.8. The van der Waals surface area contributed by atoms with Gasteiger partial charge in [0, 0.05) is 19.1 Å². The molecule has 0 heterocycles. The molecule has 1 rings (SSSR count). The first-order chi connectivity index (χ1) is 8.47. The number of nitro groups is 1. The summed E-state index contributed by atoms with van der Waals surface area (Å²) in [7, 11) is 0. The number of aliphatic hydroxyl groups excluding tert-OH is 1. The van der Waals surface area contributed by atoms with E-state index in [9.17, 15) is 19.3 Å². The predicted molar refractivity (Wildman–Crippen MR) is 57.2 cm³/mol. The van der Waals surface area contributed by atoms with Gasteiger partial charge in [0.25, 0.3) is 5.69 Å². The summed E-state index contributed by atoms with van der Waals surface area (Å²) < 4.78 is 18.3. The van der Waals surface area contributed by atoms with E-state index in [1.165, 1.54) is 0 Å². The van der Waals surface area contributed by atoms with Crippen LogP contribution in [0.15, 0.2) is 12.1 Å². The normalized spacial score (nSPS) is 10.1. The number of nitrogens with zero attached hydrogens (tertiary/aromatic N) is 1. The minimum atomic E-state index is -1.55. The summed E-state index contributed by atoms with van der Waals surface area (Å²) in [5.74, 6) is -2.97. The van der Waals surface area contributed by atoms with Crippen molar-refractivity contribution >= 4 is 11.7 Å². The predicted octanol–water partition coefficient (Wildman–Crippen LogP) is 1.19. The molecule has 0 spiro atoms. The zero-order chi connectivity index (χ0) is 13.7. The van der Waals surface area contributed by atoms with Gasteiger partial charge in [-0.1, -0.05) is 0 Å². The first-order valence-electron chi connectivity index (χ1n) is 4.92. The highest BCUT2D eigenvalue weighted by molar-refractivity contribution is 5.92. The summed E-state index contributed by atoms with van der Waals surface area (Å²) in [5.41, 5.74) is -1.49. The Labute approximate surface area is 101 Å². The van der Waals surface area contributed by atoms with Gasteiger partial charge in [-0.25, -0.2) is 9.18 Å². The van der Waals surface area contributed by atoms with Gasteiger partial charge in [0.05, 0.1) is 17.6 Å². The van der Waals surface area contributed by atoms with Crippen molar-refractivity contribution in [2.75, 3.05) is 13.2 Å². The molecule has 1 aromatic carbocycles. The van der Waals surface area contributed by atoms with Crippen LogP contribution in [0.2, 0.25) is 0 Å². The maximum Gasteiger partial charge on any atom is 0.342 e. The standard InChI is InChI=1S/C10H10FNO6/c11-7-5-8(12(16)17)6(10(14)15)4-9(7)18-3-1-2-13/h4-5,13H,1-3H2,(H,14,15). The van der Waals surface area contributed by atoms with E-state index in [1.807, 2.05) is 0 Å². The van der Waals surface area contributed by atoms with E-state index in [1.54, 1.807) is 0 Å². The van der Waals surface area contributed by atoms with Crippen LogP contribution >= 0.6 is 0 Å². The molecule has 0 saturated carbocycles. The molecule has 8 heteroatoms. The Hall–Kier alpha value is -2.22.